The summed E-state index contributed by atoms with van der Waals surface area (Å²) in [7, 11) is -8.99. The first-order valence-electron chi connectivity index (χ1n) is 30.9. The molecule has 0 radical (unpaired) electrons. The number of hydrogen-bond acceptors (Lipinski definition) is 0. The van der Waals surface area contributed by atoms with E-state index in [1.54, 1.807) is 0 Å². The molecular weight excluding hydrogens is 1040 g/mol. The van der Waals surface area contributed by atoms with E-state index in [1.165, 1.54) is 0 Å². The van der Waals surface area contributed by atoms with Crippen molar-refractivity contribution in [2.24, 2.45) is 0 Å². The molecule has 0 atom stereocenters. The second-order valence-corrected chi connectivity index (χ2v) is 50.2. The minimum absolute atomic E-state index is 0.441. The molecule has 0 aliphatic rings. The standard InChI is InChI=1S/C76H97NSi4/c1-27-59-29-31-61-63(37-41-78(47(3)4,48(5)6)49(7)8)65-33-35-71-75(73(65)67(69(61)45-59)39-43-80(53(15)16,54(17)18)55(19)20)76-72(77-71)36-34-66-64(38-42-79(50(9)10,51(11)12)52(13)14)62-32-30-60(28-2)46-70(62)68(74(66)76)40-44-81(56(21)22,57(23)24)58(25)26/h1-2,29-36,45-58,77H,3-26H3. The highest BCUT2D eigenvalue weighted by Gasteiger charge is 2.45. The minimum Gasteiger partial charge on any atom is -0.354 e. The quantitative estimate of drug-likeness (QED) is 0.0713. The number of fused-ring (bicyclic) bond motifs is 9. The molecule has 6 aromatic carbocycles. The molecule has 1 aromatic heterocycles. The summed E-state index contributed by atoms with van der Waals surface area (Å²) in [5.41, 5.74) is 30.3. The van der Waals surface area contributed by atoms with Gasteiger partial charge < -0.3 is 4.98 Å². The van der Waals surface area contributed by atoms with Crippen LogP contribution in [0, 0.1) is 70.5 Å². The first-order chi connectivity index (χ1) is 38.0. The van der Waals surface area contributed by atoms with Crippen LogP contribution < -0.4 is 0 Å². The maximum absolute atomic E-state index is 6.41. The number of terminal acetylenes is 2. The van der Waals surface area contributed by atoms with Gasteiger partial charge in [0.25, 0.3) is 0 Å². The van der Waals surface area contributed by atoms with Crippen LogP contribution in [-0.2, 0) is 0 Å². The molecule has 7 aromatic rings. The lowest BCUT2D eigenvalue weighted by atomic mass is 9.86. The van der Waals surface area contributed by atoms with E-state index >= 15 is 0 Å². The van der Waals surface area contributed by atoms with Gasteiger partial charge in [0.05, 0.1) is 0 Å². The average Bonchev–Trinajstić information content (AvgIpc) is 3.68. The highest BCUT2D eigenvalue weighted by Crippen LogP contribution is 2.49. The summed E-state index contributed by atoms with van der Waals surface area (Å²) in [4.78, 5) is 4.05. The van der Waals surface area contributed by atoms with E-state index in [2.05, 4.69) is 290 Å². The summed E-state index contributed by atoms with van der Waals surface area (Å²) in [5.74, 6) is 22.6. The number of aromatic nitrogens is 1. The Morgan fingerprint density at radius 1 is 0.284 bits per heavy atom. The molecule has 0 spiro atoms. The predicted octanol–water partition coefficient (Wildman–Crippen LogP) is 22.2. The van der Waals surface area contributed by atoms with Gasteiger partial charge in [-0.1, -0.05) is 226 Å². The monoisotopic (exact) mass is 1140 g/mol. The van der Waals surface area contributed by atoms with E-state index in [4.69, 9.17) is 12.8 Å². The second kappa shape index (κ2) is 23.9. The van der Waals surface area contributed by atoms with Crippen LogP contribution in [0.1, 0.15) is 200 Å². The highest BCUT2D eigenvalue weighted by atomic mass is 28.3. The summed E-state index contributed by atoms with van der Waals surface area (Å²) in [6.07, 6.45) is 12.8. The lowest BCUT2D eigenvalue weighted by molar-refractivity contribution is 0.838. The number of nitrogens with one attached hydrogen (secondary N) is 1. The lowest BCUT2D eigenvalue weighted by Crippen LogP contribution is -2.43. The van der Waals surface area contributed by atoms with Crippen molar-refractivity contribution in [3.8, 4) is 70.5 Å². The van der Waals surface area contributed by atoms with E-state index in [-0.39, 0.29) is 0 Å². The number of hydrogen-bond donors (Lipinski definition) is 1. The Morgan fingerprint density at radius 3 is 0.753 bits per heavy atom. The van der Waals surface area contributed by atoms with Crippen molar-refractivity contribution in [2.75, 3.05) is 0 Å². The molecule has 1 N–H and O–H groups in total. The maximum atomic E-state index is 6.41. The fourth-order valence-electron chi connectivity index (χ4n) is 16.6. The molecule has 0 amide bonds. The van der Waals surface area contributed by atoms with Gasteiger partial charge in [0.15, 0.2) is 0 Å². The second-order valence-electron chi connectivity index (χ2n) is 27.8. The number of benzene rings is 6. The molecule has 1 heterocycles. The normalized spacial score (nSPS) is 12.9. The van der Waals surface area contributed by atoms with Gasteiger partial charge in [-0.25, -0.2) is 0 Å². The van der Waals surface area contributed by atoms with Crippen molar-refractivity contribution in [1.29, 1.82) is 0 Å². The van der Waals surface area contributed by atoms with Crippen LogP contribution in [0.15, 0.2) is 60.7 Å². The zero-order chi connectivity index (χ0) is 60.2. The van der Waals surface area contributed by atoms with Gasteiger partial charge in [0.1, 0.15) is 32.3 Å². The third kappa shape index (κ3) is 10.3. The van der Waals surface area contributed by atoms with Crippen molar-refractivity contribution in [2.45, 2.75) is 233 Å². The first-order valence-corrected chi connectivity index (χ1v) is 39.9. The Balaban J connectivity index is 1.94. The van der Waals surface area contributed by atoms with E-state index in [0.29, 0.717) is 66.5 Å². The van der Waals surface area contributed by atoms with Gasteiger partial charge >= 0.3 is 0 Å². The lowest BCUT2D eigenvalue weighted by Gasteiger charge is -2.38. The molecule has 0 saturated heterocycles. The van der Waals surface area contributed by atoms with Crippen LogP contribution >= 0.6 is 0 Å². The van der Waals surface area contributed by atoms with Crippen molar-refractivity contribution < 1.29 is 0 Å². The highest BCUT2D eigenvalue weighted by molar-refractivity contribution is 6.92. The Kier molecular flexibility index (Phi) is 18.6. The molecule has 7 rings (SSSR count). The molecule has 1 nitrogen and oxygen atoms in total. The Hall–Kier alpha value is -5.61. The Bertz CT molecular complexity index is 3590. The molecule has 81 heavy (non-hydrogen) atoms. The summed E-state index contributed by atoms with van der Waals surface area (Å²) in [6.45, 7) is 57.8. The van der Waals surface area contributed by atoms with Gasteiger partial charge in [-0.2, -0.15) is 0 Å². The predicted molar refractivity (Wildman–Crippen MR) is 373 cm³/mol. The zero-order valence-electron chi connectivity index (χ0n) is 54.4. The molecule has 422 valence electrons. The van der Waals surface area contributed by atoms with Crippen molar-refractivity contribution >= 4 is 97.2 Å². The molecule has 5 heteroatoms. The Labute approximate surface area is 496 Å². The average molecular weight is 1140 g/mol. The number of H-pyrrole nitrogens is 1. The number of rotatable bonds is 12. The summed E-state index contributed by atoms with van der Waals surface area (Å²) >= 11 is 0. The van der Waals surface area contributed by atoms with Gasteiger partial charge in [0, 0.05) is 76.7 Å². The molecule has 0 fully saturated rings. The number of aromatic amines is 1. The van der Waals surface area contributed by atoms with Gasteiger partial charge in [-0.3, -0.25) is 0 Å². The Morgan fingerprint density at radius 2 is 0.519 bits per heavy atom. The first kappa shape index (κ1) is 63.0. The fourth-order valence-corrected chi connectivity index (χ4v) is 37.5. The molecular formula is C76H97NSi4. The van der Waals surface area contributed by atoms with Gasteiger partial charge in [0.2, 0.25) is 0 Å². The third-order valence-corrected chi connectivity index (χ3v) is 45.7. The minimum atomic E-state index is -2.28. The van der Waals surface area contributed by atoms with Crippen molar-refractivity contribution in [3.05, 3.63) is 94.0 Å². The zero-order valence-corrected chi connectivity index (χ0v) is 58.4. The summed E-state index contributed by atoms with van der Waals surface area (Å²) < 4.78 is 0. The topological polar surface area (TPSA) is 15.8 Å². The third-order valence-electron chi connectivity index (χ3n) is 20.5. The van der Waals surface area contributed by atoms with Crippen LogP contribution in [-0.4, -0.2) is 37.3 Å². The van der Waals surface area contributed by atoms with Gasteiger partial charge in [-0.05, 0) is 124 Å². The van der Waals surface area contributed by atoms with Crippen molar-refractivity contribution in [3.63, 3.8) is 0 Å². The smallest absolute Gasteiger partial charge is 0.146 e. The SMILES string of the molecule is C#Cc1ccc2c(C#C[Si](C(C)C)(C(C)C)C(C)C)c3ccc4[nH]c5ccc6c(C#C[Si](C(C)C)(C(C)C)C(C)C)c7ccc(C#C)cc7c(C#C[Si](C(C)C)(C(C)C)C(C)C)c6c5c4c3c(C#C[Si](C(C)C)(C(C)C)C(C)C)c2c1. The van der Waals surface area contributed by atoms with Crippen LogP contribution in [0.25, 0.3) is 64.9 Å². The molecule has 0 saturated carbocycles. The summed E-state index contributed by atoms with van der Waals surface area (Å²) in [5, 5.41) is 11.1. The van der Waals surface area contributed by atoms with Crippen LogP contribution in [0.4, 0.5) is 0 Å². The molecule has 0 bridgehead atoms. The van der Waals surface area contributed by atoms with Crippen LogP contribution in [0.5, 0.6) is 0 Å². The van der Waals surface area contributed by atoms with Crippen molar-refractivity contribution in [1.82, 2.24) is 4.98 Å². The fraction of sp³-hybridized carbons (Fsp3) is 0.474. The van der Waals surface area contributed by atoms with Crippen LogP contribution in [0.3, 0.4) is 0 Å². The van der Waals surface area contributed by atoms with Crippen LogP contribution in [0.2, 0.25) is 66.5 Å². The van der Waals surface area contributed by atoms with E-state index < -0.39 is 32.3 Å². The largest absolute Gasteiger partial charge is 0.354 e. The maximum Gasteiger partial charge on any atom is 0.146 e. The van der Waals surface area contributed by atoms with E-state index in [1.807, 2.05) is 0 Å². The summed E-state index contributed by atoms with van der Waals surface area (Å²) in [6, 6.07) is 22.5. The molecule has 0 aliphatic carbocycles. The van der Waals surface area contributed by atoms with Gasteiger partial charge in [-0.15, -0.1) is 35.0 Å². The molecule has 0 aliphatic heterocycles. The van der Waals surface area contributed by atoms with E-state index in [0.717, 1.165) is 98.3 Å². The van der Waals surface area contributed by atoms with E-state index in [9.17, 15) is 0 Å². The molecule has 0 unspecified atom stereocenters.